The number of aliphatic hydroxyl groups is 1. The molecule has 1 atom stereocenters. The summed E-state index contributed by atoms with van der Waals surface area (Å²) in [6, 6.07) is 11.7. The van der Waals surface area contributed by atoms with Crippen molar-refractivity contribution in [1.82, 2.24) is 4.98 Å². The number of pyridine rings is 1. The van der Waals surface area contributed by atoms with Crippen molar-refractivity contribution >= 4 is 23.4 Å². The predicted molar refractivity (Wildman–Crippen MR) is 80.5 cm³/mol. The maximum absolute atomic E-state index is 9.68. The third-order valence-electron chi connectivity index (χ3n) is 2.84. The summed E-state index contributed by atoms with van der Waals surface area (Å²) in [6.07, 6.45) is 2.01. The van der Waals surface area contributed by atoms with Crippen LogP contribution in [0.5, 0.6) is 0 Å². The van der Waals surface area contributed by atoms with Crippen LogP contribution in [0.4, 0.5) is 0 Å². The van der Waals surface area contributed by atoms with Crippen LogP contribution >= 0.6 is 23.4 Å². The summed E-state index contributed by atoms with van der Waals surface area (Å²) < 4.78 is 0. The van der Waals surface area contributed by atoms with E-state index in [1.165, 1.54) is 0 Å². The number of hydrogen-bond donors (Lipinski definition) is 1. The Kier molecular flexibility index (Phi) is 5.25. The molecule has 1 aromatic carbocycles. The van der Waals surface area contributed by atoms with E-state index >= 15 is 0 Å². The highest BCUT2D eigenvalue weighted by atomic mass is 35.5. The van der Waals surface area contributed by atoms with Gasteiger partial charge in [-0.2, -0.15) is 0 Å². The lowest BCUT2D eigenvalue weighted by molar-refractivity contribution is 0.169. The number of thioether (sulfide) groups is 1. The lowest BCUT2D eigenvalue weighted by Gasteiger charge is -2.08. The van der Waals surface area contributed by atoms with Crippen LogP contribution in [-0.2, 0) is 5.75 Å². The van der Waals surface area contributed by atoms with Crippen LogP contribution in [0.25, 0.3) is 0 Å². The second-order valence-corrected chi connectivity index (χ2v) is 5.68. The lowest BCUT2D eigenvalue weighted by atomic mass is 10.2. The molecule has 0 amide bonds. The summed E-state index contributed by atoms with van der Waals surface area (Å²) in [4.78, 5) is 5.36. The van der Waals surface area contributed by atoms with Crippen molar-refractivity contribution in [3.8, 4) is 0 Å². The molecule has 0 saturated heterocycles. The molecule has 0 radical (unpaired) electrons. The predicted octanol–water partition coefficient (Wildman–Crippen LogP) is 4.47. The SMILES string of the molecule is CC[C@@H](O)c1ccc(SCc2ccccc2Cl)cn1. The minimum Gasteiger partial charge on any atom is -0.387 e. The van der Waals surface area contributed by atoms with Gasteiger partial charge in [-0.15, -0.1) is 11.8 Å². The van der Waals surface area contributed by atoms with E-state index in [4.69, 9.17) is 11.6 Å². The first-order chi connectivity index (χ1) is 9.20. The summed E-state index contributed by atoms with van der Waals surface area (Å²) in [5.74, 6) is 0.816. The first-order valence-corrected chi connectivity index (χ1v) is 7.57. The van der Waals surface area contributed by atoms with E-state index in [0.717, 1.165) is 26.9 Å². The first-order valence-electron chi connectivity index (χ1n) is 6.21. The molecular formula is C15H16ClNOS. The van der Waals surface area contributed by atoms with Crippen molar-refractivity contribution in [1.29, 1.82) is 0 Å². The molecule has 0 bridgehead atoms. The van der Waals surface area contributed by atoms with Gasteiger partial charge < -0.3 is 5.11 Å². The van der Waals surface area contributed by atoms with Crippen LogP contribution in [-0.4, -0.2) is 10.1 Å². The van der Waals surface area contributed by atoms with Gasteiger partial charge in [0, 0.05) is 21.9 Å². The van der Waals surface area contributed by atoms with Crippen LogP contribution < -0.4 is 0 Å². The minimum atomic E-state index is -0.470. The fourth-order valence-electron chi connectivity index (χ4n) is 1.66. The highest BCUT2D eigenvalue weighted by Crippen LogP contribution is 2.26. The second kappa shape index (κ2) is 6.94. The third-order valence-corrected chi connectivity index (χ3v) is 4.24. The zero-order valence-corrected chi connectivity index (χ0v) is 12.3. The topological polar surface area (TPSA) is 33.1 Å². The molecule has 0 aliphatic carbocycles. The average molecular weight is 294 g/mol. The van der Waals surface area contributed by atoms with Crippen molar-refractivity contribution in [2.45, 2.75) is 30.1 Å². The van der Waals surface area contributed by atoms with E-state index in [0.29, 0.717) is 6.42 Å². The van der Waals surface area contributed by atoms with Gasteiger partial charge in [0.2, 0.25) is 0 Å². The molecule has 0 spiro atoms. The van der Waals surface area contributed by atoms with Gasteiger partial charge >= 0.3 is 0 Å². The molecule has 1 heterocycles. The molecule has 2 rings (SSSR count). The highest BCUT2D eigenvalue weighted by molar-refractivity contribution is 7.98. The molecule has 100 valence electrons. The van der Waals surface area contributed by atoms with Gasteiger partial charge in [0.05, 0.1) is 11.8 Å². The number of halogens is 1. The van der Waals surface area contributed by atoms with Gasteiger partial charge in [-0.25, -0.2) is 0 Å². The fourth-order valence-corrected chi connectivity index (χ4v) is 2.81. The van der Waals surface area contributed by atoms with Crippen LogP contribution in [0.3, 0.4) is 0 Å². The number of benzene rings is 1. The molecule has 0 aliphatic heterocycles. The Balaban J connectivity index is 1.99. The normalized spacial score (nSPS) is 12.4. The van der Waals surface area contributed by atoms with Gasteiger partial charge in [-0.1, -0.05) is 36.7 Å². The number of aliphatic hydroxyl groups excluding tert-OH is 1. The Bertz CT molecular complexity index is 530. The van der Waals surface area contributed by atoms with E-state index in [1.54, 1.807) is 18.0 Å². The minimum absolute atomic E-state index is 0.470. The number of hydrogen-bond acceptors (Lipinski definition) is 3. The summed E-state index contributed by atoms with van der Waals surface area (Å²) in [7, 11) is 0. The zero-order valence-electron chi connectivity index (χ0n) is 10.7. The Labute approximate surface area is 122 Å². The standard InChI is InChI=1S/C15H16ClNOS/c1-2-15(18)14-8-7-12(9-17-14)19-10-11-5-3-4-6-13(11)16/h3-9,15,18H,2,10H2,1H3/t15-/m1/s1. The Hall–Kier alpha value is -1.03. The number of rotatable bonds is 5. The quantitative estimate of drug-likeness (QED) is 0.826. The average Bonchev–Trinajstić information content (AvgIpc) is 2.46. The molecule has 0 unspecified atom stereocenters. The monoisotopic (exact) mass is 293 g/mol. The molecule has 4 heteroatoms. The van der Waals surface area contributed by atoms with Crippen molar-refractivity contribution in [2.75, 3.05) is 0 Å². The van der Waals surface area contributed by atoms with Crippen LogP contribution in [0, 0.1) is 0 Å². The molecule has 19 heavy (non-hydrogen) atoms. The van der Waals surface area contributed by atoms with Gasteiger partial charge in [0.15, 0.2) is 0 Å². The fraction of sp³-hybridized carbons (Fsp3) is 0.267. The maximum Gasteiger partial charge on any atom is 0.0957 e. The van der Waals surface area contributed by atoms with Gasteiger partial charge in [-0.3, -0.25) is 4.98 Å². The largest absolute Gasteiger partial charge is 0.387 e. The van der Waals surface area contributed by atoms with Crippen molar-refractivity contribution in [3.63, 3.8) is 0 Å². The van der Waals surface area contributed by atoms with Crippen LogP contribution in [0.15, 0.2) is 47.5 Å². The molecule has 0 saturated carbocycles. The van der Waals surface area contributed by atoms with Crippen molar-refractivity contribution in [2.24, 2.45) is 0 Å². The maximum atomic E-state index is 9.68. The van der Waals surface area contributed by atoms with E-state index < -0.39 is 6.10 Å². The first kappa shape index (κ1) is 14.4. The van der Waals surface area contributed by atoms with E-state index in [2.05, 4.69) is 4.98 Å². The number of nitrogens with zero attached hydrogens (tertiary/aromatic N) is 1. The summed E-state index contributed by atoms with van der Waals surface area (Å²) in [5, 5.41) is 10.5. The van der Waals surface area contributed by atoms with Gasteiger partial charge in [-0.05, 0) is 30.2 Å². The summed E-state index contributed by atoms with van der Waals surface area (Å²) in [6.45, 7) is 1.94. The van der Waals surface area contributed by atoms with Crippen molar-refractivity contribution < 1.29 is 5.11 Å². The van der Waals surface area contributed by atoms with Crippen LogP contribution in [0.2, 0.25) is 5.02 Å². The Morgan fingerprint density at radius 1 is 1.26 bits per heavy atom. The third kappa shape index (κ3) is 3.96. The van der Waals surface area contributed by atoms with Crippen molar-refractivity contribution in [3.05, 3.63) is 58.9 Å². The van der Waals surface area contributed by atoms with E-state index in [9.17, 15) is 5.11 Å². The molecular weight excluding hydrogens is 278 g/mol. The summed E-state index contributed by atoms with van der Waals surface area (Å²) in [5.41, 5.74) is 1.84. The molecule has 1 N–H and O–H groups in total. The zero-order chi connectivity index (χ0) is 13.7. The van der Waals surface area contributed by atoms with Gasteiger partial charge in [0.25, 0.3) is 0 Å². The molecule has 1 aromatic heterocycles. The highest BCUT2D eigenvalue weighted by Gasteiger charge is 2.06. The smallest absolute Gasteiger partial charge is 0.0957 e. The van der Waals surface area contributed by atoms with Crippen LogP contribution in [0.1, 0.15) is 30.7 Å². The molecule has 0 aliphatic rings. The lowest BCUT2D eigenvalue weighted by Crippen LogP contribution is -1.97. The Morgan fingerprint density at radius 3 is 2.68 bits per heavy atom. The van der Waals surface area contributed by atoms with Gasteiger partial charge in [0.1, 0.15) is 0 Å². The number of aromatic nitrogens is 1. The second-order valence-electron chi connectivity index (χ2n) is 4.22. The van der Waals surface area contributed by atoms with E-state index in [-0.39, 0.29) is 0 Å². The van der Waals surface area contributed by atoms with E-state index in [1.807, 2.05) is 43.3 Å². The molecule has 0 fully saturated rings. The molecule has 2 aromatic rings. The Morgan fingerprint density at radius 2 is 2.05 bits per heavy atom. The summed E-state index contributed by atoms with van der Waals surface area (Å²) >= 11 is 7.80. The molecule has 2 nitrogen and oxygen atoms in total.